The van der Waals surface area contributed by atoms with Crippen LogP contribution in [0.15, 0.2) is 114 Å². The molecule has 0 aliphatic heterocycles. The normalized spacial score (nSPS) is 11.8. The van der Waals surface area contributed by atoms with Gasteiger partial charge in [-0.15, -0.1) is 0 Å². The van der Waals surface area contributed by atoms with E-state index < -0.39 is 17.5 Å². The van der Waals surface area contributed by atoms with Crippen molar-refractivity contribution in [3.63, 3.8) is 0 Å². The fourth-order valence-electron chi connectivity index (χ4n) is 3.94. The molecule has 1 atom stereocenters. The molecule has 0 radical (unpaired) electrons. The molecule has 3 heteroatoms. The molecule has 3 aromatic carbocycles. The van der Waals surface area contributed by atoms with Gasteiger partial charge in [-0.2, -0.15) is 0 Å². The maximum Gasteiger partial charge on any atom is 0.303 e. The summed E-state index contributed by atoms with van der Waals surface area (Å²) in [6, 6.07) is 33.7. The summed E-state index contributed by atoms with van der Waals surface area (Å²) in [5.41, 5.74) is 2.10. The first kappa shape index (κ1) is 20.3. The number of benzene rings is 3. The second-order valence-electron chi connectivity index (χ2n) is 7.14. The van der Waals surface area contributed by atoms with Crippen LogP contribution in [0.2, 0.25) is 0 Å². The first-order valence-electron chi connectivity index (χ1n) is 10.1. The van der Waals surface area contributed by atoms with Crippen molar-refractivity contribution in [3.8, 4) is 11.8 Å². The Balaban J connectivity index is 2.05. The van der Waals surface area contributed by atoms with E-state index in [4.69, 9.17) is 9.15 Å². The summed E-state index contributed by atoms with van der Waals surface area (Å²) in [6.45, 7) is 1.41. The molecule has 0 aliphatic rings. The van der Waals surface area contributed by atoms with Gasteiger partial charge in [-0.25, -0.2) is 0 Å². The quantitative estimate of drug-likeness (QED) is 0.246. The number of esters is 1. The van der Waals surface area contributed by atoms with E-state index in [1.165, 1.54) is 6.92 Å². The van der Waals surface area contributed by atoms with Gasteiger partial charge < -0.3 is 9.15 Å². The lowest BCUT2D eigenvalue weighted by molar-refractivity contribution is -0.145. The average Bonchev–Trinajstić information content (AvgIpc) is 3.33. The van der Waals surface area contributed by atoms with Gasteiger partial charge in [0.15, 0.2) is 11.9 Å². The van der Waals surface area contributed by atoms with Gasteiger partial charge in [0.1, 0.15) is 0 Å². The summed E-state index contributed by atoms with van der Waals surface area (Å²) in [4.78, 5) is 12.2. The van der Waals surface area contributed by atoms with Gasteiger partial charge in [0, 0.05) is 6.92 Å². The van der Waals surface area contributed by atoms with Crippen molar-refractivity contribution in [2.45, 2.75) is 18.4 Å². The van der Waals surface area contributed by atoms with Crippen LogP contribution in [0.1, 0.15) is 29.4 Å². The van der Waals surface area contributed by atoms with Crippen LogP contribution >= 0.6 is 0 Å². The third-order valence-corrected chi connectivity index (χ3v) is 5.21. The topological polar surface area (TPSA) is 39.4 Å². The Morgan fingerprint density at radius 3 is 1.65 bits per heavy atom. The Morgan fingerprint density at radius 1 is 0.774 bits per heavy atom. The summed E-state index contributed by atoms with van der Waals surface area (Å²) in [5, 5.41) is 0. The number of hydrogen-bond acceptors (Lipinski definition) is 3. The Morgan fingerprint density at radius 2 is 1.26 bits per heavy atom. The molecule has 3 nitrogen and oxygen atoms in total. The highest BCUT2D eigenvalue weighted by Gasteiger charge is 2.45. The standard InChI is InChI=1S/C28H22O3/c1-22(29)31-27(20-19-26-18-11-21-30-26)28(23-12-5-2-6-13-23,24-14-7-3-8-15-24)25-16-9-4-10-17-25/h2-18,21,27H,1H3. The molecule has 1 unspecified atom stereocenters. The van der Waals surface area contributed by atoms with Gasteiger partial charge in [-0.05, 0) is 40.7 Å². The monoisotopic (exact) mass is 406 g/mol. The first-order valence-corrected chi connectivity index (χ1v) is 10.1. The molecule has 0 aliphatic carbocycles. The van der Waals surface area contributed by atoms with Gasteiger partial charge in [-0.3, -0.25) is 4.79 Å². The largest absolute Gasteiger partial charge is 0.456 e. The zero-order valence-electron chi connectivity index (χ0n) is 17.2. The highest BCUT2D eigenvalue weighted by atomic mass is 16.5. The van der Waals surface area contributed by atoms with Crippen molar-refractivity contribution in [2.75, 3.05) is 0 Å². The number of carbonyl (C=O) groups is 1. The van der Waals surface area contributed by atoms with Crippen molar-refractivity contribution in [2.24, 2.45) is 0 Å². The fraction of sp³-hybridized carbons (Fsp3) is 0.107. The average molecular weight is 406 g/mol. The van der Waals surface area contributed by atoms with E-state index in [0.29, 0.717) is 5.76 Å². The second kappa shape index (κ2) is 9.19. The minimum Gasteiger partial charge on any atom is -0.456 e. The Bertz CT molecular complexity index is 1070. The van der Waals surface area contributed by atoms with Crippen LogP contribution in [0.25, 0.3) is 0 Å². The number of carbonyl (C=O) groups excluding carboxylic acids is 1. The van der Waals surface area contributed by atoms with Crippen molar-refractivity contribution < 1.29 is 13.9 Å². The molecule has 0 fully saturated rings. The van der Waals surface area contributed by atoms with Gasteiger partial charge in [0.25, 0.3) is 0 Å². The van der Waals surface area contributed by atoms with E-state index in [0.717, 1.165) is 16.7 Å². The summed E-state index contributed by atoms with van der Waals surface area (Å²) >= 11 is 0. The van der Waals surface area contributed by atoms with Gasteiger partial charge in [-0.1, -0.05) is 91.0 Å². The van der Waals surface area contributed by atoms with Crippen LogP contribution in [0.5, 0.6) is 0 Å². The highest BCUT2D eigenvalue weighted by Crippen LogP contribution is 2.43. The van der Waals surface area contributed by atoms with Gasteiger partial charge in [0.2, 0.25) is 0 Å². The van der Waals surface area contributed by atoms with Crippen LogP contribution in [-0.4, -0.2) is 12.1 Å². The highest BCUT2D eigenvalue weighted by molar-refractivity contribution is 5.68. The molecule has 4 rings (SSSR count). The molecule has 1 heterocycles. The number of ether oxygens (including phenoxy) is 1. The molecular weight excluding hydrogens is 384 g/mol. The Kier molecular flexibility index (Phi) is 6.01. The van der Waals surface area contributed by atoms with Crippen LogP contribution in [0.3, 0.4) is 0 Å². The predicted molar refractivity (Wildman–Crippen MR) is 120 cm³/mol. The van der Waals surface area contributed by atoms with Gasteiger partial charge in [0.05, 0.1) is 11.7 Å². The third kappa shape index (κ3) is 4.15. The lowest BCUT2D eigenvalue weighted by Crippen LogP contribution is -2.43. The van der Waals surface area contributed by atoms with E-state index in [1.807, 2.05) is 91.0 Å². The predicted octanol–water partition coefficient (Wildman–Crippen LogP) is 5.60. The minimum atomic E-state index is -0.838. The third-order valence-electron chi connectivity index (χ3n) is 5.21. The lowest BCUT2D eigenvalue weighted by atomic mass is 9.65. The van der Waals surface area contributed by atoms with E-state index in [-0.39, 0.29) is 0 Å². The molecule has 4 aromatic rings. The maximum atomic E-state index is 12.2. The molecular formula is C28H22O3. The molecule has 152 valence electrons. The molecule has 0 saturated carbocycles. The molecule has 0 spiro atoms. The molecule has 0 bridgehead atoms. The minimum absolute atomic E-state index is 0.397. The van der Waals surface area contributed by atoms with Crippen LogP contribution in [0.4, 0.5) is 0 Å². The zero-order chi connectivity index (χ0) is 21.5. The van der Waals surface area contributed by atoms with E-state index in [9.17, 15) is 4.79 Å². The fourth-order valence-corrected chi connectivity index (χ4v) is 3.94. The molecule has 0 N–H and O–H groups in total. The van der Waals surface area contributed by atoms with Crippen molar-refractivity contribution in [1.29, 1.82) is 0 Å². The Labute approximate surface area is 182 Å². The van der Waals surface area contributed by atoms with Crippen molar-refractivity contribution >= 4 is 5.97 Å². The number of rotatable bonds is 5. The van der Waals surface area contributed by atoms with Crippen molar-refractivity contribution in [1.82, 2.24) is 0 Å². The molecule has 31 heavy (non-hydrogen) atoms. The lowest BCUT2D eigenvalue weighted by Gasteiger charge is -2.39. The smallest absolute Gasteiger partial charge is 0.303 e. The summed E-state index contributed by atoms with van der Waals surface area (Å²) < 4.78 is 11.3. The first-order chi connectivity index (χ1) is 15.2. The van der Waals surface area contributed by atoms with Gasteiger partial charge >= 0.3 is 5.97 Å². The maximum absolute atomic E-state index is 12.2. The Hall–Kier alpha value is -4.03. The van der Waals surface area contributed by atoms with Crippen molar-refractivity contribution in [3.05, 3.63) is 132 Å². The molecule has 1 aromatic heterocycles. The van der Waals surface area contributed by atoms with Crippen LogP contribution < -0.4 is 0 Å². The second-order valence-corrected chi connectivity index (χ2v) is 7.14. The zero-order valence-corrected chi connectivity index (χ0v) is 17.2. The van der Waals surface area contributed by atoms with Crippen LogP contribution in [0, 0.1) is 11.8 Å². The summed E-state index contributed by atoms with van der Waals surface area (Å²) in [5.74, 6) is 6.37. The SMILES string of the molecule is CC(=O)OC(C#Cc1ccco1)C(c1ccccc1)(c1ccccc1)c1ccccc1. The molecule has 0 saturated heterocycles. The van der Waals surface area contributed by atoms with E-state index in [2.05, 4.69) is 11.8 Å². The summed E-state index contributed by atoms with van der Waals surface area (Å²) in [6.07, 6.45) is 0.784. The number of furan rings is 1. The van der Waals surface area contributed by atoms with Crippen LogP contribution in [-0.2, 0) is 14.9 Å². The number of hydrogen-bond donors (Lipinski definition) is 0. The molecule has 0 amide bonds. The van der Waals surface area contributed by atoms with E-state index in [1.54, 1.807) is 18.4 Å². The summed E-state index contributed by atoms with van der Waals surface area (Å²) in [7, 11) is 0. The van der Waals surface area contributed by atoms with E-state index >= 15 is 0 Å².